The summed E-state index contributed by atoms with van der Waals surface area (Å²) in [5.74, 6) is 1.25. The number of likely N-dealkylation sites (N-methyl/N-ethyl adjacent to an activating group) is 1. The van der Waals surface area contributed by atoms with Gasteiger partial charge in [-0.15, -0.1) is 11.8 Å². The molecule has 51 heavy (non-hydrogen) atoms. The van der Waals surface area contributed by atoms with Crippen LogP contribution in [-0.4, -0.2) is 97.6 Å². The number of benzene rings is 1. The fourth-order valence-electron chi connectivity index (χ4n) is 7.29. The van der Waals surface area contributed by atoms with Gasteiger partial charge in [-0.2, -0.15) is 0 Å². The predicted molar refractivity (Wildman–Crippen MR) is 206 cm³/mol. The molecule has 3 fully saturated rings. The minimum Gasteiger partial charge on any atom is -0.481 e. The van der Waals surface area contributed by atoms with Crippen molar-refractivity contribution in [2.24, 2.45) is 17.3 Å². The Hall–Kier alpha value is -3.83. The summed E-state index contributed by atoms with van der Waals surface area (Å²) >= 11 is 1.58. The monoisotopic (exact) mass is 714 g/mol. The molecule has 3 aliphatic rings. The third-order valence-corrected chi connectivity index (χ3v) is 11.0. The van der Waals surface area contributed by atoms with Crippen LogP contribution in [0.15, 0.2) is 59.8 Å². The number of rotatable bonds is 13. The minimum atomic E-state index is -0.764. The van der Waals surface area contributed by atoms with Crippen LogP contribution < -0.4 is 19.4 Å². The lowest BCUT2D eigenvalue weighted by Gasteiger charge is -2.38. The van der Waals surface area contributed by atoms with Crippen LogP contribution >= 0.6 is 11.8 Å². The standard InChI is InChI=1S/C40H54N6O4S/c1-40(2,3)27-46(35-7-6-8-37(42-35)51-5)39(49)32-12-11-31(44-21-19-43(4)20-22-44)24-34(32)45-17-14-28(15-18-45)26-50-36-23-30(13-16-41-36)33(25-38(47)48)29-9-10-29/h6-8,11-13,16,23-24,28-29,33H,9-10,14-15,17-22,25-27H2,1-5H3,(H,47,48). The zero-order valence-electron chi connectivity index (χ0n) is 30.9. The Morgan fingerprint density at radius 1 is 0.980 bits per heavy atom. The molecule has 1 N–H and O–H groups in total. The van der Waals surface area contributed by atoms with E-state index in [0.29, 0.717) is 42.2 Å². The molecule has 3 aromatic rings. The van der Waals surface area contributed by atoms with E-state index in [0.717, 1.165) is 86.9 Å². The topological polar surface area (TPSA) is 102 Å². The van der Waals surface area contributed by atoms with E-state index >= 15 is 0 Å². The number of hydrogen-bond donors (Lipinski definition) is 1. The van der Waals surface area contributed by atoms with Crippen molar-refractivity contribution in [1.82, 2.24) is 14.9 Å². The summed E-state index contributed by atoms with van der Waals surface area (Å²) in [6.45, 7) is 13.1. The van der Waals surface area contributed by atoms with Gasteiger partial charge in [0.1, 0.15) is 5.82 Å². The number of hydrogen-bond acceptors (Lipinski definition) is 9. The van der Waals surface area contributed by atoms with E-state index in [9.17, 15) is 14.7 Å². The van der Waals surface area contributed by atoms with Crippen molar-refractivity contribution in [3.05, 3.63) is 65.9 Å². The van der Waals surface area contributed by atoms with E-state index in [2.05, 4.69) is 59.6 Å². The summed E-state index contributed by atoms with van der Waals surface area (Å²) in [6, 6.07) is 16.2. The maximum atomic E-state index is 14.7. The second-order valence-electron chi connectivity index (χ2n) is 15.7. The predicted octanol–water partition coefficient (Wildman–Crippen LogP) is 6.91. The average Bonchev–Trinajstić information content (AvgIpc) is 3.97. The number of carboxylic acids is 1. The number of carboxylic acid groups (broad SMARTS) is 1. The van der Waals surface area contributed by atoms with Crippen molar-refractivity contribution >= 4 is 40.8 Å². The molecule has 1 aliphatic carbocycles. The number of nitrogens with zero attached hydrogens (tertiary/aromatic N) is 6. The molecule has 0 bridgehead atoms. The SMILES string of the molecule is CSc1cccc(N(CC(C)(C)C)C(=O)c2ccc(N3CCN(C)CC3)cc2N2CCC(COc3cc(C(CC(=O)O)C4CC4)ccn3)CC2)n1. The summed E-state index contributed by atoms with van der Waals surface area (Å²) < 4.78 is 6.24. The molecule has 274 valence electrons. The lowest BCUT2D eigenvalue weighted by Crippen LogP contribution is -2.44. The number of aliphatic carboxylic acids is 1. The highest BCUT2D eigenvalue weighted by atomic mass is 32.2. The van der Waals surface area contributed by atoms with Crippen LogP contribution in [0.1, 0.15) is 74.7 Å². The molecule has 0 spiro atoms. The van der Waals surface area contributed by atoms with Crippen LogP contribution in [0.2, 0.25) is 0 Å². The van der Waals surface area contributed by atoms with E-state index in [1.54, 1.807) is 18.0 Å². The molecule has 1 aromatic carbocycles. The quantitative estimate of drug-likeness (QED) is 0.188. The van der Waals surface area contributed by atoms with Crippen molar-refractivity contribution in [1.29, 1.82) is 0 Å². The Morgan fingerprint density at radius 3 is 2.39 bits per heavy atom. The summed E-state index contributed by atoms with van der Waals surface area (Å²) in [7, 11) is 2.17. The number of thioether (sulfide) groups is 1. The van der Waals surface area contributed by atoms with E-state index in [-0.39, 0.29) is 23.7 Å². The van der Waals surface area contributed by atoms with Crippen LogP contribution in [0.5, 0.6) is 5.88 Å². The molecule has 6 rings (SSSR count). The van der Waals surface area contributed by atoms with Gasteiger partial charge in [-0.3, -0.25) is 14.5 Å². The Labute approximate surface area is 307 Å². The Bertz CT molecular complexity index is 1660. The summed E-state index contributed by atoms with van der Waals surface area (Å²) in [6.07, 6.45) is 7.91. The van der Waals surface area contributed by atoms with Gasteiger partial charge in [0.15, 0.2) is 0 Å². The van der Waals surface area contributed by atoms with Crippen LogP contribution in [0.25, 0.3) is 0 Å². The largest absolute Gasteiger partial charge is 0.481 e. The minimum absolute atomic E-state index is 0.0131. The van der Waals surface area contributed by atoms with Crippen molar-refractivity contribution < 1.29 is 19.4 Å². The molecule has 1 unspecified atom stereocenters. The van der Waals surface area contributed by atoms with Crippen molar-refractivity contribution in [3.63, 3.8) is 0 Å². The number of ether oxygens (including phenoxy) is 1. The summed E-state index contributed by atoms with van der Waals surface area (Å²) in [4.78, 5) is 44.6. The van der Waals surface area contributed by atoms with Gasteiger partial charge in [0.05, 0.1) is 29.3 Å². The number of piperidine rings is 1. The van der Waals surface area contributed by atoms with Crippen LogP contribution in [0, 0.1) is 17.3 Å². The Balaban J connectivity index is 1.20. The molecule has 1 saturated carbocycles. The summed E-state index contributed by atoms with van der Waals surface area (Å²) in [5, 5.41) is 10.4. The van der Waals surface area contributed by atoms with Crippen LogP contribution in [0.4, 0.5) is 17.2 Å². The molecule has 2 saturated heterocycles. The van der Waals surface area contributed by atoms with E-state index in [1.165, 1.54) is 0 Å². The number of carbonyl (C=O) groups is 2. The third kappa shape index (κ3) is 9.74. The van der Waals surface area contributed by atoms with E-state index < -0.39 is 5.97 Å². The lowest BCUT2D eigenvalue weighted by atomic mass is 9.92. The normalized spacial score (nSPS) is 18.1. The fraction of sp³-hybridized carbons (Fsp3) is 0.550. The number of carbonyl (C=O) groups excluding carboxylic acids is 1. The molecule has 4 heterocycles. The van der Waals surface area contributed by atoms with Gasteiger partial charge in [-0.05, 0) is 104 Å². The molecule has 2 aromatic heterocycles. The molecule has 10 nitrogen and oxygen atoms in total. The van der Waals surface area contributed by atoms with Gasteiger partial charge in [-0.1, -0.05) is 26.8 Å². The number of anilines is 3. The van der Waals surface area contributed by atoms with Crippen molar-refractivity contribution in [2.45, 2.75) is 63.8 Å². The molecule has 1 amide bonds. The maximum Gasteiger partial charge on any atom is 0.303 e. The van der Waals surface area contributed by atoms with Gasteiger partial charge in [-0.25, -0.2) is 9.97 Å². The third-order valence-electron chi connectivity index (χ3n) is 10.3. The Morgan fingerprint density at radius 2 is 1.73 bits per heavy atom. The maximum absolute atomic E-state index is 14.7. The molecular formula is C40H54N6O4S. The van der Waals surface area contributed by atoms with Crippen LogP contribution in [0.3, 0.4) is 0 Å². The molecule has 11 heteroatoms. The first-order chi connectivity index (χ1) is 24.5. The number of piperazine rings is 1. The molecular weight excluding hydrogens is 661 g/mol. The zero-order valence-corrected chi connectivity index (χ0v) is 31.7. The second-order valence-corrected chi connectivity index (χ2v) is 16.5. The first-order valence-electron chi connectivity index (χ1n) is 18.4. The highest BCUT2D eigenvalue weighted by molar-refractivity contribution is 7.98. The smallest absolute Gasteiger partial charge is 0.303 e. The van der Waals surface area contributed by atoms with Crippen molar-refractivity contribution in [2.75, 3.05) is 80.4 Å². The molecule has 2 aliphatic heterocycles. The van der Waals surface area contributed by atoms with Crippen LogP contribution in [-0.2, 0) is 4.79 Å². The molecule has 0 radical (unpaired) electrons. The fourth-order valence-corrected chi connectivity index (χ4v) is 7.69. The highest BCUT2D eigenvalue weighted by Gasteiger charge is 2.34. The first-order valence-corrected chi connectivity index (χ1v) is 19.7. The van der Waals surface area contributed by atoms with Gasteiger partial charge in [0, 0.05) is 63.8 Å². The van der Waals surface area contributed by atoms with Crippen molar-refractivity contribution in [3.8, 4) is 5.88 Å². The van der Waals surface area contributed by atoms with E-state index in [4.69, 9.17) is 9.72 Å². The summed E-state index contributed by atoms with van der Waals surface area (Å²) in [5.41, 5.74) is 3.72. The van der Waals surface area contributed by atoms with E-state index in [1.807, 2.05) is 47.6 Å². The lowest BCUT2D eigenvalue weighted by molar-refractivity contribution is -0.137. The number of pyridine rings is 2. The highest BCUT2D eigenvalue weighted by Crippen LogP contribution is 2.45. The van der Waals surface area contributed by atoms with Gasteiger partial charge < -0.3 is 24.5 Å². The zero-order chi connectivity index (χ0) is 36.1. The number of amides is 1. The first kappa shape index (κ1) is 36.9. The molecule has 1 atom stereocenters. The van der Waals surface area contributed by atoms with Gasteiger partial charge >= 0.3 is 5.97 Å². The van der Waals surface area contributed by atoms with Gasteiger partial charge in [0.25, 0.3) is 5.91 Å². The average molecular weight is 715 g/mol. The van der Waals surface area contributed by atoms with Gasteiger partial charge in [0.2, 0.25) is 5.88 Å². The second kappa shape index (κ2) is 16.2. The number of aromatic nitrogens is 2. The Kier molecular flexibility index (Phi) is 11.8.